The number of hydrogen-bond donors (Lipinski definition) is 0. The SMILES string of the molecule is O=BOB=O.O=BOB=O.[Na+].[Na+].[O-2]. The van der Waals surface area contributed by atoms with E-state index >= 15 is 0 Å². The Morgan fingerprint density at radius 2 is 0.769 bits per heavy atom. The zero-order valence-electron chi connectivity index (χ0n) is 7.17. The molecule has 0 bridgehead atoms. The van der Waals surface area contributed by atoms with Gasteiger partial charge in [0, 0.05) is 0 Å². The van der Waals surface area contributed by atoms with Crippen molar-refractivity contribution in [2.45, 2.75) is 0 Å². The molecule has 0 unspecified atom stereocenters. The summed E-state index contributed by atoms with van der Waals surface area (Å²) >= 11 is 0. The Hall–Kier alpha value is 1.02. The summed E-state index contributed by atoms with van der Waals surface area (Å²) in [6, 6.07) is 0. The first-order valence-electron chi connectivity index (χ1n) is 1.89. The van der Waals surface area contributed by atoms with Crippen LogP contribution in [0.1, 0.15) is 0 Å². The molecule has 0 saturated carbocycles. The van der Waals surface area contributed by atoms with E-state index in [-0.39, 0.29) is 94.0 Å². The Bertz CT molecular complexity index is 91.1. The van der Waals surface area contributed by atoms with Gasteiger partial charge in [-0.3, -0.25) is 0 Å². The predicted octanol–water partition coefficient (Wildman–Crippen LogP) is -8.25. The largest absolute Gasteiger partial charge is 2.00 e. The van der Waals surface area contributed by atoms with Gasteiger partial charge in [0.05, 0.1) is 0 Å². The molecule has 13 heavy (non-hydrogen) atoms. The fourth-order valence-corrected chi connectivity index (χ4v) is 0.0454. The summed E-state index contributed by atoms with van der Waals surface area (Å²) in [5.74, 6) is 0. The molecule has 56 valence electrons. The van der Waals surface area contributed by atoms with E-state index in [0.29, 0.717) is 0 Å². The Morgan fingerprint density at radius 3 is 0.769 bits per heavy atom. The zero-order valence-corrected chi connectivity index (χ0v) is 11.2. The maximum Gasteiger partial charge on any atom is 1.00 e. The van der Waals surface area contributed by atoms with Crippen molar-refractivity contribution in [1.29, 1.82) is 0 Å². The van der Waals surface area contributed by atoms with Crippen molar-refractivity contribution in [1.82, 2.24) is 0 Å². The van der Waals surface area contributed by atoms with E-state index in [4.69, 9.17) is 18.8 Å². The van der Waals surface area contributed by atoms with Gasteiger partial charge in [0.2, 0.25) is 0 Å². The van der Waals surface area contributed by atoms with Crippen molar-refractivity contribution in [3.05, 3.63) is 0 Å². The summed E-state index contributed by atoms with van der Waals surface area (Å²) in [4.78, 5) is 0. The average molecular weight is 201 g/mol. The smallest absolute Gasteiger partial charge is 1.00 e. The number of hydrogen-bond acceptors (Lipinski definition) is 6. The van der Waals surface area contributed by atoms with Gasteiger partial charge in [0.15, 0.2) is 0 Å². The fraction of sp³-hybridized carbons (Fsp3) is 0. The molecule has 0 spiro atoms. The predicted molar refractivity (Wildman–Crippen MR) is 28.6 cm³/mol. The van der Waals surface area contributed by atoms with Crippen LogP contribution in [0.3, 0.4) is 0 Å². The molecule has 0 radical (unpaired) electrons. The van der Waals surface area contributed by atoms with Crippen molar-refractivity contribution in [2.75, 3.05) is 0 Å². The fourth-order valence-electron chi connectivity index (χ4n) is 0.0454. The Labute approximate surface area is 121 Å². The molecule has 0 heterocycles. The minimum atomic E-state index is 0. The van der Waals surface area contributed by atoms with Crippen LogP contribution >= 0.6 is 0 Å². The van der Waals surface area contributed by atoms with E-state index < -0.39 is 0 Å². The maximum atomic E-state index is 8.95. The van der Waals surface area contributed by atoms with Gasteiger partial charge < -0.3 is 5.48 Å². The van der Waals surface area contributed by atoms with E-state index in [2.05, 4.69) is 9.14 Å². The maximum absolute atomic E-state index is 8.95. The molecule has 0 N–H and O–H groups in total. The van der Waals surface area contributed by atoms with Crippen molar-refractivity contribution in [3.63, 3.8) is 0 Å². The van der Waals surface area contributed by atoms with Crippen LogP contribution < -0.4 is 59.1 Å². The van der Waals surface area contributed by atoms with E-state index in [1.807, 2.05) is 0 Å². The van der Waals surface area contributed by atoms with Crippen molar-refractivity contribution < 1.29 is 92.6 Å². The van der Waals surface area contributed by atoms with Crippen LogP contribution in [0.4, 0.5) is 0 Å². The first-order valence-corrected chi connectivity index (χ1v) is 1.89. The van der Waals surface area contributed by atoms with Crippen LogP contribution in [0, 0.1) is 0 Å². The van der Waals surface area contributed by atoms with Crippen LogP contribution in [0.25, 0.3) is 0 Å². The molecule has 0 rings (SSSR count). The normalized spacial score (nSPS) is 3.08. The molecular weight excluding hydrogens is 201 g/mol. The Kier molecular flexibility index (Phi) is 85.8. The van der Waals surface area contributed by atoms with Gasteiger partial charge in [-0.1, -0.05) is 0 Å². The third kappa shape index (κ3) is 62.7. The van der Waals surface area contributed by atoms with Crippen LogP contribution in [0.15, 0.2) is 0 Å². The Balaban J connectivity index is -0.0000000267. The molecule has 0 amide bonds. The molecule has 7 nitrogen and oxygen atoms in total. The quantitative estimate of drug-likeness (QED) is 0.417. The Morgan fingerprint density at radius 1 is 0.615 bits per heavy atom. The van der Waals surface area contributed by atoms with Gasteiger partial charge >= 0.3 is 116 Å². The second-order valence-electron chi connectivity index (χ2n) is 0.657. The summed E-state index contributed by atoms with van der Waals surface area (Å²) < 4.78 is 42.8. The average Bonchev–Trinajstić information content (AvgIpc) is 1.93. The summed E-state index contributed by atoms with van der Waals surface area (Å²) in [6.07, 6.45) is 0. The third-order valence-electron chi connectivity index (χ3n) is 0.222. The van der Waals surface area contributed by atoms with Gasteiger partial charge in [-0.2, -0.15) is 0 Å². The van der Waals surface area contributed by atoms with Crippen LogP contribution in [-0.4, -0.2) is 29.4 Å². The summed E-state index contributed by atoms with van der Waals surface area (Å²) in [6.45, 7) is 0. The molecule has 0 aromatic rings. The molecular formula is B4Na2O7. The van der Waals surface area contributed by atoms with Crippen molar-refractivity contribution in [3.8, 4) is 0 Å². The van der Waals surface area contributed by atoms with E-state index in [0.717, 1.165) is 0 Å². The van der Waals surface area contributed by atoms with Gasteiger partial charge in [-0.25, -0.2) is 0 Å². The van der Waals surface area contributed by atoms with Crippen LogP contribution in [0.2, 0.25) is 0 Å². The second kappa shape index (κ2) is 38.2. The molecule has 0 fully saturated rings. The van der Waals surface area contributed by atoms with Gasteiger partial charge in [-0.05, 0) is 0 Å². The molecule has 0 aromatic carbocycles. The monoisotopic (exact) mass is 202 g/mol. The van der Waals surface area contributed by atoms with Crippen molar-refractivity contribution in [2.24, 2.45) is 0 Å². The standard InChI is InChI=1S/2B2O3.2Na.O/c2*3-1-5-2-4;;;/q;;2*+1;-2. The molecule has 0 saturated heterocycles. The molecule has 0 atom stereocenters. The molecule has 13 heteroatoms. The van der Waals surface area contributed by atoms with E-state index in [1.165, 1.54) is 0 Å². The minimum absolute atomic E-state index is 0. The second-order valence-corrected chi connectivity index (χ2v) is 0.657. The van der Waals surface area contributed by atoms with Gasteiger partial charge in [0.25, 0.3) is 0 Å². The third-order valence-corrected chi connectivity index (χ3v) is 0.222. The van der Waals surface area contributed by atoms with Crippen LogP contribution in [-0.2, 0) is 33.4 Å². The van der Waals surface area contributed by atoms with E-state index in [1.54, 1.807) is 0 Å². The zero-order chi connectivity index (χ0) is 8.24. The summed E-state index contributed by atoms with van der Waals surface area (Å²) in [5.41, 5.74) is 0. The number of rotatable bonds is 4. The first-order chi connectivity index (χ1) is 4.83. The molecule has 0 aliphatic carbocycles. The molecule has 0 aliphatic rings. The topological polar surface area (TPSA) is 115 Å². The molecule has 0 aliphatic heterocycles. The van der Waals surface area contributed by atoms with Crippen molar-refractivity contribution >= 4 is 29.4 Å². The molecule has 0 aromatic heterocycles. The van der Waals surface area contributed by atoms with Crippen LogP contribution in [0.5, 0.6) is 0 Å². The van der Waals surface area contributed by atoms with Gasteiger partial charge in [-0.15, -0.1) is 0 Å². The first kappa shape index (κ1) is 29.2. The summed E-state index contributed by atoms with van der Waals surface area (Å²) in [7, 11) is 0.250. The van der Waals surface area contributed by atoms with Gasteiger partial charge in [0.1, 0.15) is 0 Å². The minimum Gasteiger partial charge on any atom is -2.00 e. The summed E-state index contributed by atoms with van der Waals surface area (Å²) in [5, 5.41) is 0. The van der Waals surface area contributed by atoms with E-state index in [9.17, 15) is 0 Å².